The van der Waals surface area contributed by atoms with E-state index in [2.05, 4.69) is 49.6 Å². The van der Waals surface area contributed by atoms with Gasteiger partial charge in [0, 0.05) is 0 Å². The predicted molar refractivity (Wildman–Crippen MR) is 94.7 cm³/mol. The Morgan fingerprint density at radius 3 is 2.55 bits per heavy atom. The van der Waals surface area contributed by atoms with Crippen molar-refractivity contribution in [1.82, 2.24) is 5.32 Å². The van der Waals surface area contributed by atoms with Crippen molar-refractivity contribution in [3.8, 4) is 0 Å². The maximum atomic E-state index is 13.7. The second-order valence-electron chi connectivity index (χ2n) is 5.40. The Morgan fingerprint density at radius 1 is 1.18 bits per heavy atom. The molecule has 0 spiro atoms. The van der Waals surface area contributed by atoms with Gasteiger partial charge in [0.15, 0.2) is 5.11 Å². The molecule has 0 aromatic heterocycles. The largest absolute Gasteiger partial charge is 0.356 e. The molecule has 0 aliphatic heterocycles. The zero-order chi connectivity index (χ0) is 16.1. The van der Waals surface area contributed by atoms with E-state index in [0.717, 1.165) is 6.42 Å². The highest BCUT2D eigenvalue weighted by Gasteiger charge is 2.13. The molecule has 116 valence electrons. The molecule has 0 aliphatic rings. The second kappa shape index (κ2) is 7.36. The van der Waals surface area contributed by atoms with E-state index in [0.29, 0.717) is 10.8 Å². The Hall–Kier alpha value is -1.94. The van der Waals surface area contributed by atoms with Crippen LogP contribution in [-0.4, -0.2) is 5.11 Å². The monoisotopic (exact) mass is 316 g/mol. The van der Waals surface area contributed by atoms with Gasteiger partial charge in [-0.3, -0.25) is 0 Å². The summed E-state index contributed by atoms with van der Waals surface area (Å²) in [6, 6.07) is 13.0. The highest BCUT2D eigenvalue weighted by atomic mass is 32.1. The normalized spacial score (nSPS) is 11.8. The molecule has 4 heteroatoms. The summed E-state index contributed by atoms with van der Waals surface area (Å²) in [6.07, 6.45) is 0.892. The minimum atomic E-state index is -0.314. The standard InChI is InChI=1S/C18H21FN2S/c1-4-16(14-10-9-12(2)11-13(14)3)20-18(22)21-17-8-6-5-7-15(17)19/h5-11,16H,4H2,1-3H3,(H2,20,21,22)/t16-/m0/s1. The van der Waals surface area contributed by atoms with Crippen LogP contribution >= 0.6 is 12.2 Å². The number of hydrogen-bond donors (Lipinski definition) is 2. The van der Waals surface area contributed by atoms with Crippen LogP contribution in [0.25, 0.3) is 0 Å². The molecule has 0 radical (unpaired) electrons. The summed E-state index contributed by atoms with van der Waals surface area (Å²) < 4.78 is 13.7. The Labute approximate surface area is 136 Å². The van der Waals surface area contributed by atoms with Crippen molar-refractivity contribution in [2.24, 2.45) is 0 Å². The van der Waals surface area contributed by atoms with E-state index in [4.69, 9.17) is 12.2 Å². The smallest absolute Gasteiger partial charge is 0.171 e. The molecule has 0 amide bonds. The minimum absolute atomic E-state index is 0.104. The molecular formula is C18H21FN2S. The molecule has 0 bridgehead atoms. The number of halogens is 1. The van der Waals surface area contributed by atoms with Gasteiger partial charge in [-0.25, -0.2) is 4.39 Å². The van der Waals surface area contributed by atoms with Crippen molar-refractivity contribution >= 4 is 23.0 Å². The molecule has 0 fully saturated rings. The van der Waals surface area contributed by atoms with Crippen molar-refractivity contribution in [2.75, 3.05) is 5.32 Å². The molecule has 2 aromatic carbocycles. The van der Waals surface area contributed by atoms with E-state index in [1.807, 2.05) is 0 Å². The number of rotatable bonds is 4. The zero-order valence-electron chi connectivity index (χ0n) is 13.1. The minimum Gasteiger partial charge on any atom is -0.356 e. The molecule has 1 atom stereocenters. The molecule has 0 saturated heterocycles. The molecule has 22 heavy (non-hydrogen) atoms. The average Bonchev–Trinajstić information content (AvgIpc) is 2.48. The van der Waals surface area contributed by atoms with E-state index >= 15 is 0 Å². The fraction of sp³-hybridized carbons (Fsp3) is 0.278. The Kier molecular flexibility index (Phi) is 5.50. The molecule has 2 N–H and O–H groups in total. The van der Waals surface area contributed by atoms with E-state index in [1.165, 1.54) is 22.8 Å². The third kappa shape index (κ3) is 4.04. The van der Waals surface area contributed by atoms with Gasteiger partial charge in [-0.2, -0.15) is 0 Å². The average molecular weight is 316 g/mol. The first-order valence-electron chi connectivity index (χ1n) is 7.40. The van der Waals surface area contributed by atoms with Crippen LogP contribution in [0.2, 0.25) is 0 Å². The van der Waals surface area contributed by atoms with E-state index in [-0.39, 0.29) is 11.9 Å². The first-order chi connectivity index (χ1) is 10.5. The number of benzene rings is 2. The molecule has 2 aromatic rings. The summed E-state index contributed by atoms with van der Waals surface area (Å²) in [5.74, 6) is -0.314. The topological polar surface area (TPSA) is 24.1 Å². The summed E-state index contributed by atoms with van der Waals surface area (Å²) in [5, 5.41) is 6.62. The van der Waals surface area contributed by atoms with Crippen molar-refractivity contribution in [2.45, 2.75) is 33.2 Å². The highest BCUT2D eigenvalue weighted by Crippen LogP contribution is 2.22. The molecule has 2 rings (SSSR count). The van der Waals surface area contributed by atoms with E-state index in [1.54, 1.807) is 18.2 Å². The maximum Gasteiger partial charge on any atom is 0.171 e. The predicted octanol–water partition coefficient (Wildman–Crippen LogP) is 4.88. The third-order valence-corrected chi connectivity index (χ3v) is 3.86. The van der Waals surface area contributed by atoms with Gasteiger partial charge < -0.3 is 10.6 Å². The lowest BCUT2D eigenvalue weighted by Gasteiger charge is -2.22. The lowest BCUT2D eigenvalue weighted by atomic mass is 9.98. The van der Waals surface area contributed by atoms with E-state index in [9.17, 15) is 4.39 Å². The zero-order valence-corrected chi connectivity index (χ0v) is 13.9. The molecule has 0 saturated carbocycles. The molecule has 2 nitrogen and oxygen atoms in total. The number of anilines is 1. The molecule has 0 unspecified atom stereocenters. The van der Waals surface area contributed by atoms with Gasteiger partial charge in [-0.15, -0.1) is 0 Å². The summed E-state index contributed by atoms with van der Waals surface area (Å²) in [7, 11) is 0. The van der Waals surface area contributed by atoms with Crippen molar-refractivity contribution in [3.63, 3.8) is 0 Å². The van der Waals surface area contributed by atoms with Gasteiger partial charge in [0.1, 0.15) is 5.82 Å². The Morgan fingerprint density at radius 2 is 1.91 bits per heavy atom. The fourth-order valence-electron chi connectivity index (χ4n) is 2.50. The van der Waals surface area contributed by atoms with Gasteiger partial charge in [-0.05, 0) is 55.7 Å². The number of nitrogens with one attached hydrogen (secondary N) is 2. The van der Waals surface area contributed by atoms with Gasteiger partial charge >= 0.3 is 0 Å². The third-order valence-electron chi connectivity index (χ3n) is 3.64. The Bertz CT molecular complexity index is 670. The summed E-state index contributed by atoms with van der Waals surface area (Å²) in [4.78, 5) is 0. The molecule has 0 aliphatic carbocycles. The van der Waals surface area contributed by atoms with Gasteiger partial charge in [0.2, 0.25) is 0 Å². The van der Waals surface area contributed by atoms with Crippen LogP contribution in [0.5, 0.6) is 0 Å². The van der Waals surface area contributed by atoms with E-state index < -0.39 is 0 Å². The van der Waals surface area contributed by atoms with Crippen LogP contribution < -0.4 is 10.6 Å². The maximum absolute atomic E-state index is 13.7. The quantitative estimate of drug-likeness (QED) is 0.786. The van der Waals surface area contributed by atoms with Crippen molar-refractivity contribution in [3.05, 3.63) is 65.0 Å². The first-order valence-corrected chi connectivity index (χ1v) is 7.81. The lowest BCUT2D eigenvalue weighted by molar-refractivity contribution is 0.621. The number of thiocarbonyl (C=S) groups is 1. The second-order valence-corrected chi connectivity index (χ2v) is 5.81. The molecular weight excluding hydrogens is 295 g/mol. The lowest BCUT2D eigenvalue weighted by Crippen LogP contribution is -2.32. The fourth-order valence-corrected chi connectivity index (χ4v) is 2.75. The van der Waals surface area contributed by atoms with Crippen LogP contribution in [-0.2, 0) is 0 Å². The summed E-state index contributed by atoms with van der Waals surface area (Å²) in [6.45, 7) is 6.28. The highest BCUT2D eigenvalue weighted by molar-refractivity contribution is 7.80. The van der Waals surface area contributed by atoms with Gasteiger partial charge in [0.05, 0.1) is 11.7 Å². The summed E-state index contributed by atoms with van der Waals surface area (Å²) in [5.41, 5.74) is 4.07. The van der Waals surface area contributed by atoms with Crippen LogP contribution in [0.4, 0.5) is 10.1 Å². The summed E-state index contributed by atoms with van der Waals surface area (Å²) >= 11 is 5.32. The van der Waals surface area contributed by atoms with Crippen molar-refractivity contribution in [1.29, 1.82) is 0 Å². The van der Waals surface area contributed by atoms with Crippen molar-refractivity contribution < 1.29 is 4.39 Å². The number of para-hydroxylation sites is 1. The van der Waals surface area contributed by atoms with Gasteiger partial charge in [-0.1, -0.05) is 42.8 Å². The first kappa shape index (κ1) is 16.4. The number of aryl methyl sites for hydroxylation is 2. The van der Waals surface area contributed by atoms with Gasteiger partial charge in [0.25, 0.3) is 0 Å². The van der Waals surface area contributed by atoms with Crippen LogP contribution in [0.3, 0.4) is 0 Å². The Balaban J connectivity index is 2.10. The SMILES string of the molecule is CC[C@H](NC(=S)Nc1ccccc1F)c1ccc(C)cc1C. The van der Waals surface area contributed by atoms with Crippen LogP contribution in [0.15, 0.2) is 42.5 Å². The van der Waals surface area contributed by atoms with Crippen LogP contribution in [0.1, 0.15) is 36.1 Å². The van der Waals surface area contributed by atoms with Crippen LogP contribution in [0, 0.1) is 19.7 Å². The number of hydrogen-bond acceptors (Lipinski definition) is 1. The molecule has 0 heterocycles.